The van der Waals surface area contributed by atoms with Gasteiger partial charge in [0.05, 0.1) is 19.3 Å². The van der Waals surface area contributed by atoms with Crippen molar-refractivity contribution in [3.05, 3.63) is 34.9 Å². The number of nitrogens with zero attached hydrogens (tertiary/aromatic N) is 4. The molecule has 8 heteroatoms. The van der Waals surface area contributed by atoms with Gasteiger partial charge in [0.25, 0.3) is 0 Å². The van der Waals surface area contributed by atoms with Gasteiger partial charge >= 0.3 is 0 Å². The van der Waals surface area contributed by atoms with Crippen LogP contribution in [0, 0.1) is 0 Å². The third-order valence-corrected chi connectivity index (χ3v) is 3.89. The number of aromatic nitrogens is 4. The highest BCUT2D eigenvalue weighted by atomic mass is 35.5. The van der Waals surface area contributed by atoms with Gasteiger partial charge in [-0.1, -0.05) is 35.5 Å². The van der Waals surface area contributed by atoms with Crippen molar-refractivity contribution in [1.29, 1.82) is 0 Å². The van der Waals surface area contributed by atoms with Gasteiger partial charge in [0.15, 0.2) is 0 Å². The molecule has 1 N–H and O–H groups in total. The van der Waals surface area contributed by atoms with Crippen molar-refractivity contribution >= 4 is 23.4 Å². The average Bonchev–Trinajstić information content (AvgIpc) is 2.84. The molecule has 0 radical (unpaired) electrons. The number of halogens is 1. The summed E-state index contributed by atoms with van der Waals surface area (Å²) in [5, 5.41) is 22.2. The number of ether oxygens (including phenoxy) is 1. The standard InChI is InChI=1S/C12H15ClN4O2S/c1-17-12(14-15-16-17)20-8-11(18)7-19-6-9-2-4-10(13)5-3-9/h2-5,11,18H,6-8H2,1H3. The number of thioether (sulfide) groups is 1. The monoisotopic (exact) mass is 314 g/mol. The van der Waals surface area contributed by atoms with E-state index < -0.39 is 6.10 Å². The molecule has 108 valence electrons. The Morgan fingerprint density at radius 2 is 2.15 bits per heavy atom. The molecule has 20 heavy (non-hydrogen) atoms. The molecule has 0 spiro atoms. The van der Waals surface area contributed by atoms with E-state index in [9.17, 15) is 5.11 Å². The Hall–Kier alpha value is -1.15. The molecule has 0 aliphatic heterocycles. The highest BCUT2D eigenvalue weighted by molar-refractivity contribution is 7.99. The van der Waals surface area contributed by atoms with Crippen LogP contribution in [0.3, 0.4) is 0 Å². The zero-order valence-corrected chi connectivity index (χ0v) is 12.5. The number of aliphatic hydroxyl groups is 1. The summed E-state index contributed by atoms with van der Waals surface area (Å²) in [7, 11) is 1.76. The van der Waals surface area contributed by atoms with Crippen molar-refractivity contribution in [1.82, 2.24) is 20.2 Å². The molecule has 1 aromatic heterocycles. The Bertz CT molecular complexity index is 535. The van der Waals surface area contributed by atoms with Crippen LogP contribution in [0.25, 0.3) is 0 Å². The van der Waals surface area contributed by atoms with Gasteiger partial charge in [-0.05, 0) is 28.1 Å². The number of rotatable bonds is 7. The predicted octanol–water partition coefficient (Wildman–Crippen LogP) is 1.53. The van der Waals surface area contributed by atoms with E-state index in [1.54, 1.807) is 11.7 Å². The maximum atomic E-state index is 9.82. The summed E-state index contributed by atoms with van der Waals surface area (Å²) in [6.45, 7) is 0.714. The predicted molar refractivity (Wildman–Crippen MR) is 76.6 cm³/mol. The van der Waals surface area contributed by atoms with Crippen LogP contribution in [0.15, 0.2) is 29.4 Å². The summed E-state index contributed by atoms with van der Waals surface area (Å²) >= 11 is 7.19. The fourth-order valence-electron chi connectivity index (χ4n) is 1.46. The van der Waals surface area contributed by atoms with Crippen molar-refractivity contribution < 1.29 is 9.84 Å². The summed E-state index contributed by atoms with van der Waals surface area (Å²) < 4.78 is 7.02. The second-order valence-electron chi connectivity index (χ2n) is 4.19. The largest absolute Gasteiger partial charge is 0.390 e. The molecule has 1 aromatic carbocycles. The van der Waals surface area contributed by atoms with Crippen LogP contribution in [-0.2, 0) is 18.4 Å². The van der Waals surface area contributed by atoms with Crippen LogP contribution < -0.4 is 0 Å². The summed E-state index contributed by atoms with van der Waals surface area (Å²) in [5.74, 6) is 0.481. The van der Waals surface area contributed by atoms with E-state index in [0.717, 1.165) is 5.56 Å². The minimum absolute atomic E-state index is 0.265. The number of aliphatic hydroxyl groups excluding tert-OH is 1. The normalized spacial score (nSPS) is 12.6. The van der Waals surface area contributed by atoms with Crippen molar-refractivity contribution in [3.63, 3.8) is 0 Å². The lowest BCUT2D eigenvalue weighted by atomic mass is 10.2. The van der Waals surface area contributed by atoms with Gasteiger partial charge in [-0.15, -0.1) is 5.10 Å². The zero-order chi connectivity index (χ0) is 14.4. The molecule has 0 saturated carbocycles. The van der Waals surface area contributed by atoms with E-state index in [1.165, 1.54) is 11.8 Å². The molecule has 0 aliphatic carbocycles. The lowest BCUT2D eigenvalue weighted by molar-refractivity contribution is 0.0397. The van der Waals surface area contributed by atoms with Crippen molar-refractivity contribution in [3.8, 4) is 0 Å². The Morgan fingerprint density at radius 3 is 2.80 bits per heavy atom. The molecule has 0 amide bonds. The molecule has 6 nitrogen and oxygen atoms in total. The van der Waals surface area contributed by atoms with E-state index in [-0.39, 0.29) is 6.61 Å². The molecule has 1 heterocycles. The van der Waals surface area contributed by atoms with Crippen LogP contribution in [0.2, 0.25) is 5.02 Å². The van der Waals surface area contributed by atoms with Crippen LogP contribution in [0.4, 0.5) is 0 Å². The Kier molecular flexibility index (Phi) is 5.78. The number of benzene rings is 1. The quantitative estimate of drug-likeness (QED) is 0.781. The third kappa shape index (κ3) is 4.75. The Morgan fingerprint density at radius 1 is 1.40 bits per heavy atom. The highest BCUT2D eigenvalue weighted by Gasteiger charge is 2.09. The first-order chi connectivity index (χ1) is 9.65. The summed E-state index contributed by atoms with van der Waals surface area (Å²) in [6, 6.07) is 7.42. The first kappa shape index (κ1) is 15.2. The minimum atomic E-state index is -0.566. The molecule has 0 saturated heterocycles. The average molecular weight is 315 g/mol. The van der Waals surface area contributed by atoms with Gasteiger partial charge in [-0.2, -0.15) is 0 Å². The van der Waals surface area contributed by atoms with Gasteiger partial charge in [0.2, 0.25) is 5.16 Å². The zero-order valence-electron chi connectivity index (χ0n) is 10.9. The molecule has 2 rings (SSSR count). The number of aryl methyl sites for hydroxylation is 1. The van der Waals surface area contributed by atoms with Gasteiger partial charge < -0.3 is 9.84 Å². The SMILES string of the molecule is Cn1nnnc1SCC(O)COCc1ccc(Cl)cc1. The van der Waals surface area contributed by atoms with E-state index in [0.29, 0.717) is 22.5 Å². The fourth-order valence-corrected chi connectivity index (χ4v) is 2.34. The van der Waals surface area contributed by atoms with E-state index in [1.807, 2.05) is 24.3 Å². The minimum Gasteiger partial charge on any atom is -0.390 e. The summed E-state index contributed by atoms with van der Waals surface area (Å²) in [5.41, 5.74) is 1.02. The van der Waals surface area contributed by atoms with E-state index >= 15 is 0 Å². The molecule has 1 unspecified atom stereocenters. The van der Waals surface area contributed by atoms with Crippen LogP contribution in [-0.4, -0.2) is 43.8 Å². The summed E-state index contributed by atoms with van der Waals surface area (Å²) in [6.07, 6.45) is -0.566. The molecule has 0 fully saturated rings. The van der Waals surface area contributed by atoms with Crippen molar-refractivity contribution in [2.75, 3.05) is 12.4 Å². The van der Waals surface area contributed by atoms with Crippen LogP contribution in [0.5, 0.6) is 0 Å². The third-order valence-electron chi connectivity index (χ3n) is 2.48. The fraction of sp³-hybridized carbons (Fsp3) is 0.417. The number of tetrazole rings is 1. The molecular weight excluding hydrogens is 300 g/mol. The Balaban J connectivity index is 1.66. The first-order valence-electron chi connectivity index (χ1n) is 6.00. The molecular formula is C12H15ClN4O2S. The maximum absolute atomic E-state index is 9.82. The van der Waals surface area contributed by atoms with Gasteiger partial charge in [0, 0.05) is 17.8 Å². The molecule has 2 aromatic rings. The van der Waals surface area contributed by atoms with Crippen LogP contribution in [0.1, 0.15) is 5.56 Å². The topological polar surface area (TPSA) is 73.1 Å². The molecule has 0 bridgehead atoms. The lowest BCUT2D eigenvalue weighted by Crippen LogP contribution is -2.18. The number of hydrogen-bond acceptors (Lipinski definition) is 6. The first-order valence-corrected chi connectivity index (χ1v) is 7.37. The maximum Gasteiger partial charge on any atom is 0.209 e. The lowest BCUT2D eigenvalue weighted by Gasteiger charge is -2.10. The molecule has 1 atom stereocenters. The van der Waals surface area contributed by atoms with Gasteiger partial charge in [0.1, 0.15) is 0 Å². The highest BCUT2D eigenvalue weighted by Crippen LogP contribution is 2.14. The Labute approximate surface area is 126 Å². The smallest absolute Gasteiger partial charge is 0.209 e. The second kappa shape index (κ2) is 7.58. The van der Waals surface area contributed by atoms with E-state index in [2.05, 4.69) is 15.5 Å². The van der Waals surface area contributed by atoms with Gasteiger partial charge in [-0.3, -0.25) is 0 Å². The van der Waals surface area contributed by atoms with Crippen LogP contribution >= 0.6 is 23.4 Å². The van der Waals surface area contributed by atoms with Crippen molar-refractivity contribution in [2.45, 2.75) is 17.9 Å². The second-order valence-corrected chi connectivity index (χ2v) is 5.62. The van der Waals surface area contributed by atoms with Gasteiger partial charge in [-0.25, -0.2) is 4.68 Å². The molecule has 0 aliphatic rings. The number of hydrogen-bond donors (Lipinski definition) is 1. The van der Waals surface area contributed by atoms with E-state index in [4.69, 9.17) is 16.3 Å². The summed E-state index contributed by atoms with van der Waals surface area (Å²) in [4.78, 5) is 0. The van der Waals surface area contributed by atoms with Crippen molar-refractivity contribution in [2.24, 2.45) is 7.05 Å².